The van der Waals surface area contributed by atoms with Crippen molar-refractivity contribution < 1.29 is 4.79 Å². The van der Waals surface area contributed by atoms with Crippen molar-refractivity contribution in [3.8, 4) is 11.3 Å². The van der Waals surface area contributed by atoms with E-state index in [9.17, 15) is 4.79 Å². The van der Waals surface area contributed by atoms with Crippen LogP contribution in [0.4, 0.5) is 5.82 Å². The molecule has 0 spiro atoms. The zero-order chi connectivity index (χ0) is 21.2. The number of hydrogen-bond donors (Lipinski definition) is 0. The molecule has 1 aliphatic rings. The van der Waals surface area contributed by atoms with Gasteiger partial charge in [-0.25, -0.2) is 0 Å². The van der Waals surface area contributed by atoms with Gasteiger partial charge in [0.05, 0.1) is 5.69 Å². The average Bonchev–Trinajstić information content (AvgIpc) is 2.83. The fourth-order valence-corrected chi connectivity index (χ4v) is 4.10. The molecule has 4 aromatic rings. The molecule has 1 amide bonds. The second kappa shape index (κ2) is 8.19. The highest BCUT2D eigenvalue weighted by Gasteiger charge is 2.23. The first-order valence-corrected chi connectivity index (χ1v) is 10.6. The highest BCUT2D eigenvalue weighted by Crippen LogP contribution is 2.24. The van der Waals surface area contributed by atoms with E-state index in [4.69, 9.17) is 0 Å². The van der Waals surface area contributed by atoms with E-state index in [1.54, 1.807) is 0 Å². The van der Waals surface area contributed by atoms with Crippen molar-refractivity contribution in [2.24, 2.45) is 0 Å². The second-order valence-electron chi connectivity index (χ2n) is 7.99. The zero-order valence-corrected chi connectivity index (χ0v) is 17.5. The van der Waals surface area contributed by atoms with E-state index in [1.807, 2.05) is 60.4 Å². The monoisotopic (exact) mass is 408 g/mol. The lowest BCUT2D eigenvalue weighted by Crippen LogP contribution is -2.49. The number of carbonyl (C=O) groups is 1. The fourth-order valence-electron chi connectivity index (χ4n) is 4.10. The third kappa shape index (κ3) is 3.99. The molecule has 3 aromatic carbocycles. The van der Waals surface area contributed by atoms with E-state index in [2.05, 4.69) is 45.4 Å². The molecule has 1 aliphatic heterocycles. The lowest BCUT2D eigenvalue weighted by molar-refractivity contribution is 0.0746. The van der Waals surface area contributed by atoms with E-state index < -0.39 is 0 Å². The molecule has 5 rings (SSSR count). The molecule has 0 bridgehead atoms. The molecule has 1 fully saturated rings. The average molecular weight is 409 g/mol. The van der Waals surface area contributed by atoms with Gasteiger partial charge >= 0.3 is 0 Å². The molecule has 2 heterocycles. The number of hydrogen-bond acceptors (Lipinski definition) is 4. The Balaban J connectivity index is 1.26. The van der Waals surface area contributed by atoms with Gasteiger partial charge in [-0.1, -0.05) is 54.1 Å². The topological polar surface area (TPSA) is 49.3 Å². The molecule has 31 heavy (non-hydrogen) atoms. The molecule has 0 aliphatic carbocycles. The van der Waals surface area contributed by atoms with Crippen LogP contribution in [0.5, 0.6) is 0 Å². The van der Waals surface area contributed by atoms with Gasteiger partial charge in [-0.05, 0) is 48.0 Å². The van der Waals surface area contributed by atoms with Crippen molar-refractivity contribution in [1.29, 1.82) is 0 Å². The van der Waals surface area contributed by atoms with E-state index in [0.717, 1.165) is 41.3 Å². The summed E-state index contributed by atoms with van der Waals surface area (Å²) < 4.78 is 0. The van der Waals surface area contributed by atoms with Crippen LogP contribution in [0.25, 0.3) is 22.0 Å². The van der Waals surface area contributed by atoms with Crippen LogP contribution in [0.2, 0.25) is 0 Å². The number of aryl methyl sites for hydroxylation is 1. The van der Waals surface area contributed by atoms with Gasteiger partial charge in [0.15, 0.2) is 5.82 Å². The lowest BCUT2D eigenvalue weighted by Gasteiger charge is -2.35. The summed E-state index contributed by atoms with van der Waals surface area (Å²) in [5.41, 5.74) is 3.79. The third-order valence-electron chi connectivity index (χ3n) is 5.85. The Bertz CT molecular complexity index is 1230. The summed E-state index contributed by atoms with van der Waals surface area (Å²) in [7, 11) is 0. The Hall–Kier alpha value is -3.73. The number of piperazine rings is 1. The molecule has 1 saturated heterocycles. The molecule has 0 radical (unpaired) electrons. The van der Waals surface area contributed by atoms with Gasteiger partial charge in [-0.3, -0.25) is 4.79 Å². The van der Waals surface area contributed by atoms with Gasteiger partial charge in [0.2, 0.25) is 0 Å². The van der Waals surface area contributed by atoms with Crippen LogP contribution in [0, 0.1) is 6.92 Å². The van der Waals surface area contributed by atoms with Gasteiger partial charge in [0.25, 0.3) is 5.91 Å². The van der Waals surface area contributed by atoms with Crippen molar-refractivity contribution in [3.63, 3.8) is 0 Å². The molecule has 5 heteroatoms. The van der Waals surface area contributed by atoms with Crippen molar-refractivity contribution >= 4 is 22.5 Å². The maximum Gasteiger partial charge on any atom is 0.253 e. The quantitative estimate of drug-likeness (QED) is 0.498. The molecule has 0 unspecified atom stereocenters. The summed E-state index contributed by atoms with van der Waals surface area (Å²) in [4.78, 5) is 16.9. The SMILES string of the molecule is Cc1cccc(C(=O)N2CCN(c3ccc(-c4ccc5ccccc5c4)nn3)CC2)c1. The first-order valence-electron chi connectivity index (χ1n) is 10.6. The minimum absolute atomic E-state index is 0.0982. The maximum atomic E-state index is 12.8. The number of amides is 1. The first kappa shape index (κ1) is 19.2. The molecule has 5 nitrogen and oxygen atoms in total. The molecule has 0 N–H and O–H groups in total. The fraction of sp³-hybridized carbons (Fsp3) is 0.192. The second-order valence-corrected chi connectivity index (χ2v) is 7.99. The van der Waals surface area contributed by atoms with Crippen LogP contribution >= 0.6 is 0 Å². The molecule has 0 saturated carbocycles. The largest absolute Gasteiger partial charge is 0.352 e. The number of anilines is 1. The van der Waals surface area contributed by atoms with Crippen LogP contribution < -0.4 is 4.90 Å². The highest BCUT2D eigenvalue weighted by atomic mass is 16.2. The van der Waals surface area contributed by atoms with E-state index >= 15 is 0 Å². The number of rotatable bonds is 3. The minimum atomic E-state index is 0.0982. The summed E-state index contributed by atoms with van der Waals surface area (Å²) in [6.45, 7) is 4.87. The summed E-state index contributed by atoms with van der Waals surface area (Å²) in [6.07, 6.45) is 0. The summed E-state index contributed by atoms with van der Waals surface area (Å²) in [5, 5.41) is 11.4. The number of benzene rings is 3. The van der Waals surface area contributed by atoms with E-state index in [0.29, 0.717) is 13.1 Å². The van der Waals surface area contributed by atoms with Crippen LogP contribution in [-0.2, 0) is 0 Å². The minimum Gasteiger partial charge on any atom is -0.352 e. The first-order chi connectivity index (χ1) is 15.2. The number of fused-ring (bicyclic) bond motifs is 1. The summed E-state index contributed by atoms with van der Waals surface area (Å²) >= 11 is 0. The van der Waals surface area contributed by atoms with Gasteiger partial charge < -0.3 is 9.80 Å². The van der Waals surface area contributed by atoms with Crippen molar-refractivity contribution in [1.82, 2.24) is 15.1 Å². The predicted octanol–water partition coefficient (Wildman–Crippen LogP) is 4.57. The van der Waals surface area contributed by atoms with Crippen LogP contribution in [0.3, 0.4) is 0 Å². The van der Waals surface area contributed by atoms with Crippen LogP contribution in [0.15, 0.2) is 78.9 Å². The standard InChI is InChI=1S/C26H24N4O/c1-19-5-4-8-23(17-19)26(31)30-15-13-29(14-16-30)25-12-11-24(27-28-25)22-10-9-20-6-2-3-7-21(20)18-22/h2-12,17-18H,13-16H2,1H3. The molecule has 1 aromatic heterocycles. The molecular weight excluding hydrogens is 384 g/mol. The van der Waals surface area contributed by atoms with Crippen LogP contribution in [-0.4, -0.2) is 47.2 Å². The normalized spacial score (nSPS) is 14.1. The highest BCUT2D eigenvalue weighted by molar-refractivity contribution is 5.94. The number of aromatic nitrogens is 2. The van der Waals surface area contributed by atoms with Gasteiger partial charge in [-0.15, -0.1) is 10.2 Å². The number of carbonyl (C=O) groups excluding carboxylic acids is 1. The van der Waals surface area contributed by atoms with Crippen molar-refractivity contribution in [2.75, 3.05) is 31.1 Å². The van der Waals surface area contributed by atoms with Gasteiger partial charge in [-0.2, -0.15) is 0 Å². The lowest BCUT2D eigenvalue weighted by atomic mass is 10.1. The third-order valence-corrected chi connectivity index (χ3v) is 5.85. The van der Waals surface area contributed by atoms with Crippen molar-refractivity contribution in [3.05, 3.63) is 90.0 Å². The number of nitrogens with zero attached hydrogens (tertiary/aromatic N) is 4. The van der Waals surface area contributed by atoms with Gasteiger partial charge in [0, 0.05) is 37.3 Å². The Morgan fingerprint density at radius 2 is 1.58 bits per heavy atom. The zero-order valence-electron chi connectivity index (χ0n) is 17.5. The van der Waals surface area contributed by atoms with Gasteiger partial charge in [0.1, 0.15) is 0 Å². The molecule has 154 valence electrons. The maximum absolute atomic E-state index is 12.8. The Kier molecular flexibility index (Phi) is 5.08. The summed E-state index contributed by atoms with van der Waals surface area (Å²) in [5.74, 6) is 0.952. The van der Waals surface area contributed by atoms with E-state index in [-0.39, 0.29) is 5.91 Å². The summed E-state index contributed by atoms with van der Waals surface area (Å²) in [6, 6.07) is 26.5. The predicted molar refractivity (Wildman–Crippen MR) is 124 cm³/mol. The Labute approximate surface area is 182 Å². The van der Waals surface area contributed by atoms with Crippen LogP contribution in [0.1, 0.15) is 15.9 Å². The Morgan fingerprint density at radius 3 is 2.32 bits per heavy atom. The smallest absolute Gasteiger partial charge is 0.253 e. The van der Waals surface area contributed by atoms with E-state index in [1.165, 1.54) is 10.8 Å². The Morgan fingerprint density at radius 1 is 0.774 bits per heavy atom. The molecule has 0 atom stereocenters. The molecular formula is C26H24N4O. The van der Waals surface area contributed by atoms with Crippen molar-refractivity contribution in [2.45, 2.75) is 6.92 Å².